The van der Waals surface area contributed by atoms with Gasteiger partial charge in [-0.2, -0.15) is 5.10 Å². The summed E-state index contributed by atoms with van der Waals surface area (Å²) < 4.78 is 35.7. The first-order valence-corrected chi connectivity index (χ1v) is 6.77. The fraction of sp³-hybridized carbons (Fsp3) is 0.533. The van der Waals surface area contributed by atoms with E-state index in [2.05, 4.69) is 5.10 Å². The molecule has 1 aromatic heterocycles. The third-order valence-electron chi connectivity index (χ3n) is 4.51. The summed E-state index contributed by atoms with van der Waals surface area (Å²) in [6, 6.07) is 3.71. The van der Waals surface area contributed by atoms with Crippen LogP contribution in [0.1, 0.15) is 37.4 Å². The Hall–Kier alpha value is -1.33. The lowest BCUT2D eigenvalue weighted by atomic mass is 9.75. The largest absolute Gasteiger partial charge is 0.495 e. The van der Waals surface area contributed by atoms with Crippen LogP contribution in [-0.4, -0.2) is 28.1 Å². The average Bonchev–Trinajstić information content (AvgIpc) is 2.89. The fourth-order valence-corrected chi connectivity index (χ4v) is 2.47. The number of nitrogens with zero attached hydrogens (tertiary/aromatic N) is 2. The van der Waals surface area contributed by atoms with E-state index in [-0.39, 0.29) is 0 Å². The second kappa shape index (κ2) is 4.09. The van der Waals surface area contributed by atoms with Crippen molar-refractivity contribution in [3.63, 3.8) is 0 Å². The molecular formula is C15H21BN2O2. The van der Waals surface area contributed by atoms with E-state index in [1.165, 1.54) is 0 Å². The van der Waals surface area contributed by atoms with E-state index in [1.54, 1.807) is 6.20 Å². The fourth-order valence-electron chi connectivity index (χ4n) is 2.47. The van der Waals surface area contributed by atoms with E-state index in [4.69, 9.17) is 13.4 Å². The lowest BCUT2D eigenvalue weighted by Crippen LogP contribution is -2.41. The SMILES string of the molecule is [2H]C([2H])([2H])n1cc2c(C)c(B3OC(C)(C)C(C)(C)O3)ccc2n1. The Morgan fingerprint density at radius 3 is 2.45 bits per heavy atom. The summed E-state index contributed by atoms with van der Waals surface area (Å²) in [7, 11) is -0.472. The van der Waals surface area contributed by atoms with Gasteiger partial charge in [-0.15, -0.1) is 0 Å². The molecule has 106 valence electrons. The van der Waals surface area contributed by atoms with Crippen molar-refractivity contribution >= 4 is 23.5 Å². The summed E-state index contributed by atoms with van der Waals surface area (Å²) >= 11 is 0. The Morgan fingerprint density at radius 1 is 1.20 bits per heavy atom. The van der Waals surface area contributed by atoms with E-state index in [0.29, 0.717) is 5.52 Å². The highest BCUT2D eigenvalue weighted by atomic mass is 16.7. The maximum atomic E-state index is 7.48. The van der Waals surface area contributed by atoms with Crippen molar-refractivity contribution in [3.05, 3.63) is 23.9 Å². The maximum Gasteiger partial charge on any atom is 0.495 e. The number of fused-ring (bicyclic) bond motifs is 1. The molecule has 0 radical (unpaired) electrons. The molecule has 2 heterocycles. The van der Waals surface area contributed by atoms with Gasteiger partial charge in [0, 0.05) is 22.7 Å². The molecule has 0 atom stereocenters. The van der Waals surface area contributed by atoms with Gasteiger partial charge in [0.2, 0.25) is 0 Å². The topological polar surface area (TPSA) is 36.3 Å². The predicted octanol–water partition coefficient (Wildman–Crippen LogP) is 2.18. The minimum absolute atomic E-state index is 0.415. The Bertz CT molecular complexity index is 752. The van der Waals surface area contributed by atoms with Crippen LogP contribution < -0.4 is 5.46 Å². The van der Waals surface area contributed by atoms with Crippen molar-refractivity contribution in [1.29, 1.82) is 0 Å². The Morgan fingerprint density at radius 2 is 1.85 bits per heavy atom. The monoisotopic (exact) mass is 275 g/mol. The summed E-state index contributed by atoms with van der Waals surface area (Å²) in [5, 5.41) is 4.94. The first-order valence-electron chi connectivity index (χ1n) is 8.27. The average molecular weight is 275 g/mol. The first-order chi connectivity index (χ1) is 10.4. The van der Waals surface area contributed by atoms with Crippen LogP contribution in [0.25, 0.3) is 10.9 Å². The van der Waals surface area contributed by atoms with Crippen LogP contribution >= 0.6 is 0 Å². The second-order valence-corrected chi connectivity index (χ2v) is 6.37. The van der Waals surface area contributed by atoms with E-state index in [1.807, 2.05) is 46.8 Å². The zero-order valence-electron chi connectivity index (χ0n) is 15.5. The molecule has 0 saturated carbocycles. The van der Waals surface area contributed by atoms with Crippen LogP contribution in [0.2, 0.25) is 0 Å². The molecule has 0 amide bonds. The van der Waals surface area contributed by atoms with Crippen LogP contribution in [0.3, 0.4) is 0 Å². The first kappa shape index (κ1) is 10.4. The van der Waals surface area contributed by atoms with Gasteiger partial charge in [-0.1, -0.05) is 6.07 Å². The summed E-state index contributed by atoms with van der Waals surface area (Å²) in [6.07, 6.45) is 1.56. The van der Waals surface area contributed by atoms with Crippen molar-refractivity contribution in [2.45, 2.75) is 45.8 Å². The zero-order valence-corrected chi connectivity index (χ0v) is 12.5. The highest BCUT2D eigenvalue weighted by Gasteiger charge is 2.52. The molecule has 1 saturated heterocycles. The van der Waals surface area contributed by atoms with E-state index >= 15 is 0 Å². The second-order valence-electron chi connectivity index (χ2n) is 6.37. The summed E-state index contributed by atoms with van der Waals surface area (Å²) in [5.41, 5.74) is 1.65. The van der Waals surface area contributed by atoms with Crippen LogP contribution in [0.4, 0.5) is 0 Å². The van der Waals surface area contributed by atoms with Crippen molar-refractivity contribution < 1.29 is 13.4 Å². The minimum atomic E-state index is -2.28. The third-order valence-corrected chi connectivity index (χ3v) is 4.51. The molecule has 0 unspecified atom stereocenters. The van der Waals surface area contributed by atoms with Crippen LogP contribution in [0.5, 0.6) is 0 Å². The van der Waals surface area contributed by atoms with Gasteiger partial charge in [-0.05, 0) is 51.7 Å². The maximum absolute atomic E-state index is 7.48. The van der Waals surface area contributed by atoms with Gasteiger partial charge in [0.25, 0.3) is 0 Å². The highest BCUT2D eigenvalue weighted by Crippen LogP contribution is 2.37. The van der Waals surface area contributed by atoms with Gasteiger partial charge in [0.1, 0.15) is 0 Å². The molecule has 20 heavy (non-hydrogen) atoms. The van der Waals surface area contributed by atoms with Gasteiger partial charge >= 0.3 is 7.12 Å². The van der Waals surface area contributed by atoms with Gasteiger partial charge in [-0.25, -0.2) is 0 Å². The molecule has 1 aliphatic rings. The highest BCUT2D eigenvalue weighted by molar-refractivity contribution is 6.63. The van der Waals surface area contributed by atoms with Crippen LogP contribution in [-0.2, 0) is 16.3 Å². The molecule has 1 aromatic carbocycles. The molecule has 0 aliphatic carbocycles. The molecule has 4 nitrogen and oxygen atoms in total. The number of aromatic nitrogens is 2. The van der Waals surface area contributed by atoms with E-state index < -0.39 is 25.3 Å². The number of rotatable bonds is 1. The molecule has 3 rings (SSSR count). The normalized spacial score (nSPS) is 23.6. The zero-order chi connectivity index (χ0) is 17.2. The molecule has 1 aliphatic heterocycles. The molecule has 0 bridgehead atoms. The lowest BCUT2D eigenvalue weighted by Gasteiger charge is -2.32. The predicted molar refractivity (Wildman–Crippen MR) is 81.2 cm³/mol. The number of hydrogen-bond donors (Lipinski definition) is 0. The van der Waals surface area contributed by atoms with Gasteiger partial charge < -0.3 is 9.31 Å². The van der Waals surface area contributed by atoms with Gasteiger partial charge in [0.15, 0.2) is 0 Å². The summed E-state index contributed by atoms with van der Waals surface area (Å²) in [6.45, 7) is 7.69. The molecule has 5 heteroatoms. The Kier molecular flexibility index (Phi) is 2.13. The number of aryl methyl sites for hydroxylation is 2. The van der Waals surface area contributed by atoms with E-state index in [9.17, 15) is 0 Å². The van der Waals surface area contributed by atoms with Crippen LogP contribution in [0.15, 0.2) is 18.3 Å². The summed E-state index contributed by atoms with van der Waals surface area (Å²) in [5.74, 6) is 0. The van der Waals surface area contributed by atoms with Gasteiger partial charge in [0.05, 0.1) is 16.7 Å². The Balaban J connectivity index is 2.05. The van der Waals surface area contributed by atoms with Crippen molar-refractivity contribution in [1.82, 2.24) is 9.78 Å². The number of hydrogen-bond acceptors (Lipinski definition) is 3. The molecule has 2 aromatic rings. The smallest absolute Gasteiger partial charge is 0.399 e. The van der Waals surface area contributed by atoms with Crippen LogP contribution in [0, 0.1) is 6.92 Å². The van der Waals surface area contributed by atoms with Crippen molar-refractivity contribution in [3.8, 4) is 0 Å². The van der Waals surface area contributed by atoms with Gasteiger partial charge in [-0.3, -0.25) is 4.68 Å². The van der Waals surface area contributed by atoms with E-state index in [0.717, 1.165) is 21.1 Å². The molecule has 0 N–H and O–H groups in total. The lowest BCUT2D eigenvalue weighted by molar-refractivity contribution is 0.00578. The number of benzene rings is 1. The molecule has 1 fully saturated rings. The molecule has 0 spiro atoms. The standard InChI is InChI=1S/C15H21BN2O2/c1-10-11-9-18(6)17-13(11)8-7-12(10)16-19-14(2,3)15(4,5)20-16/h7-9H,1-6H3/i6D3. The van der Waals surface area contributed by atoms with Crippen molar-refractivity contribution in [2.24, 2.45) is 6.98 Å². The quantitative estimate of drug-likeness (QED) is 0.748. The van der Waals surface area contributed by atoms with Crippen molar-refractivity contribution in [2.75, 3.05) is 0 Å². The third kappa shape index (κ3) is 1.88. The Labute approximate surface area is 124 Å². The summed E-state index contributed by atoms with van der Waals surface area (Å²) in [4.78, 5) is 0. The minimum Gasteiger partial charge on any atom is -0.399 e. The molecular weight excluding hydrogens is 251 g/mol.